The fraction of sp³-hybridized carbons (Fsp3) is 0.500. The maximum absolute atomic E-state index is 12.3. The van der Waals surface area contributed by atoms with Gasteiger partial charge in [0.1, 0.15) is 0 Å². The molecule has 1 saturated heterocycles. The first kappa shape index (κ1) is 16.0. The smallest absolute Gasteiger partial charge is 0.308 e. The number of piperidine rings is 1. The summed E-state index contributed by atoms with van der Waals surface area (Å²) in [6, 6.07) is 5.39. The molecular formula is C16H20BrNO3. The van der Waals surface area contributed by atoms with E-state index in [1.807, 2.05) is 39.0 Å². The second kappa shape index (κ2) is 6.18. The van der Waals surface area contributed by atoms with Gasteiger partial charge >= 0.3 is 5.97 Å². The predicted octanol–water partition coefficient (Wildman–Crippen LogP) is 3.53. The van der Waals surface area contributed by atoms with Crippen LogP contribution in [0.2, 0.25) is 0 Å². The van der Waals surface area contributed by atoms with E-state index in [9.17, 15) is 14.7 Å². The van der Waals surface area contributed by atoms with Crippen LogP contribution in [0.15, 0.2) is 22.7 Å². The molecule has 114 valence electrons. The van der Waals surface area contributed by atoms with Crippen LogP contribution in [0, 0.1) is 12.8 Å². The van der Waals surface area contributed by atoms with Gasteiger partial charge in [-0.3, -0.25) is 9.59 Å². The molecule has 1 aromatic rings. The number of halogens is 1. The van der Waals surface area contributed by atoms with Gasteiger partial charge in [-0.15, -0.1) is 0 Å². The van der Waals surface area contributed by atoms with Crippen molar-refractivity contribution in [3.63, 3.8) is 0 Å². The van der Waals surface area contributed by atoms with Crippen molar-refractivity contribution in [3.05, 3.63) is 33.8 Å². The van der Waals surface area contributed by atoms with Gasteiger partial charge < -0.3 is 10.0 Å². The highest BCUT2D eigenvalue weighted by Gasteiger charge is 2.41. The van der Waals surface area contributed by atoms with Crippen molar-refractivity contribution >= 4 is 27.8 Å². The maximum atomic E-state index is 12.3. The number of carbonyl (C=O) groups is 2. The van der Waals surface area contributed by atoms with E-state index in [1.165, 1.54) is 0 Å². The lowest BCUT2D eigenvalue weighted by Crippen LogP contribution is -2.48. The summed E-state index contributed by atoms with van der Waals surface area (Å²) in [4.78, 5) is 25.6. The average Bonchev–Trinajstić information content (AvgIpc) is 2.40. The SMILES string of the molecule is Cc1ccc(C2C(C(=O)O)CCC(=O)N2C(C)C)cc1Br. The summed E-state index contributed by atoms with van der Waals surface area (Å²) in [5.74, 6) is -1.36. The summed E-state index contributed by atoms with van der Waals surface area (Å²) >= 11 is 3.49. The van der Waals surface area contributed by atoms with E-state index in [4.69, 9.17) is 0 Å². The second-order valence-corrected chi connectivity index (χ2v) is 6.69. The third-order valence-electron chi connectivity index (χ3n) is 4.05. The van der Waals surface area contributed by atoms with Gasteiger partial charge in [-0.1, -0.05) is 28.1 Å². The largest absolute Gasteiger partial charge is 0.481 e. The molecule has 1 aromatic carbocycles. The van der Waals surface area contributed by atoms with E-state index in [2.05, 4.69) is 15.9 Å². The van der Waals surface area contributed by atoms with Crippen LogP contribution in [0.1, 0.15) is 43.9 Å². The van der Waals surface area contributed by atoms with Crippen LogP contribution in [-0.2, 0) is 9.59 Å². The Morgan fingerprint density at radius 2 is 2.10 bits per heavy atom. The number of carbonyl (C=O) groups excluding carboxylic acids is 1. The Hall–Kier alpha value is -1.36. The summed E-state index contributed by atoms with van der Waals surface area (Å²) in [7, 11) is 0. The molecule has 1 fully saturated rings. The number of likely N-dealkylation sites (tertiary alicyclic amines) is 1. The average molecular weight is 354 g/mol. The van der Waals surface area contributed by atoms with Crippen molar-refractivity contribution in [1.29, 1.82) is 0 Å². The molecule has 5 heteroatoms. The molecule has 1 heterocycles. The number of aliphatic carboxylic acids is 1. The zero-order valence-corrected chi connectivity index (χ0v) is 14.1. The van der Waals surface area contributed by atoms with Crippen molar-refractivity contribution in [2.45, 2.75) is 45.7 Å². The van der Waals surface area contributed by atoms with E-state index in [0.717, 1.165) is 15.6 Å². The first-order valence-corrected chi connectivity index (χ1v) is 7.92. The van der Waals surface area contributed by atoms with E-state index in [0.29, 0.717) is 12.8 Å². The van der Waals surface area contributed by atoms with E-state index >= 15 is 0 Å². The number of hydrogen-bond donors (Lipinski definition) is 1. The highest BCUT2D eigenvalue weighted by molar-refractivity contribution is 9.10. The van der Waals surface area contributed by atoms with Crippen LogP contribution in [0.25, 0.3) is 0 Å². The maximum Gasteiger partial charge on any atom is 0.308 e. The van der Waals surface area contributed by atoms with Crippen molar-refractivity contribution < 1.29 is 14.7 Å². The fourth-order valence-electron chi connectivity index (χ4n) is 2.97. The Labute approximate surface area is 133 Å². The molecule has 0 radical (unpaired) electrons. The number of amides is 1. The van der Waals surface area contributed by atoms with E-state index in [-0.39, 0.29) is 11.9 Å². The summed E-state index contributed by atoms with van der Waals surface area (Å²) in [6.45, 7) is 5.84. The quantitative estimate of drug-likeness (QED) is 0.904. The van der Waals surface area contributed by atoms with Gasteiger partial charge in [0.15, 0.2) is 0 Å². The molecule has 1 aliphatic heterocycles. The highest BCUT2D eigenvalue weighted by Crippen LogP contribution is 2.39. The van der Waals surface area contributed by atoms with Crippen LogP contribution in [0.3, 0.4) is 0 Å². The van der Waals surface area contributed by atoms with Gasteiger partial charge in [-0.2, -0.15) is 0 Å². The summed E-state index contributed by atoms with van der Waals surface area (Å²) in [6.07, 6.45) is 0.701. The lowest BCUT2D eigenvalue weighted by molar-refractivity contribution is -0.153. The Morgan fingerprint density at radius 1 is 1.43 bits per heavy atom. The predicted molar refractivity (Wildman–Crippen MR) is 84.0 cm³/mol. The summed E-state index contributed by atoms with van der Waals surface area (Å²) in [5, 5.41) is 9.53. The number of carboxylic acid groups (broad SMARTS) is 1. The Morgan fingerprint density at radius 3 is 2.62 bits per heavy atom. The molecule has 1 amide bonds. The normalized spacial score (nSPS) is 22.7. The molecule has 0 bridgehead atoms. The van der Waals surface area contributed by atoms with Gasteiger partial charge in [0.2, 0.25) is 5.91 Å². The van der Waals surface area contributed by atoms with Gasteiger partial charge in [0, 0.05) is 16.9 Å². The van der Waals surface area contributed by atoms with Gasteiger partial charge in [-0.05, 0) is 44.4 Å². The molecule has 0 saturated carbocycles. The Bertz CT molecular complexity index is 571. The minimum absolute atomic E-state index is 0.0234. The standard InChI is InChI=1S/C16H20BrNO3/c1-9(2)18-14(19)7-6-12(16(20)21)15(18)11-5-4-10(3)13(17)8-11/h4-5,8-9,12,15H,6-7H2,1-3H3,(H,20,21). The van der Waals surface area contributed by atoms with Crippen molar-refractivity contribution in [1.82, 2.24) is 4.90 Å². The lowest BCUT2D eigenvalue weighted by atomic mass is 9.83. The zero-order chi connectivity index (χ0) is 15.7. The van der Waals surface area contributed by atoms with Crippen LogP contribution in [-0.4, -0.2) is 27.9 Å². The zero-order valence-electron chi connectivity index (χ0n) is 12.5. The topological polar surface area (TPSA) is 57.6 Å². The van der Waals surface area contributed by atoms with Crippen LogP contribution < -0.4 is 0 Å². The first-order valence-electron chi connectivity index (χ1n) is 7.13. The Kier molecular flexibility index (Phi) is 4.71. The van der Waals surface area contributed by atoms with Crippen molar-refractivity contribution in [3.8, 4) is 0 Å². The number of aryl methyl sites for hydroxylation is 1. The van der Waals surface area contributed by atoms with Crippen LogP contribution in [0.5, 0.6) is 0 Å². The summed E-state index contributed by atoms with van der Waals surface area (Å²) in [5.41, 5.74) is 1.96. The molecule has 1 aliphatic rings. The third kappa shape index (κ3) is 3.12. The van der Waals surface area contributed by atoms with E-state index < -0.39 is 17.9 Å². The molecule has 0 aromatic heterocycles. The van der Waals surface area contributed by atoms with Gasteiger partial charge in [0.05, 0.1) is 12.0 Å². The van der Waals surface area contributed by atoms with Crippen molar-refractivity contribution in [2.24, 2.45) is 5.92 Å². The molecule has 21 heavy (non-hydrogen) atoms. The third-order valence-corrected chi connectivity index (χ3v) is 4.90. The van der Waals surface area contributed by atoms with Gasteiger partial charge in [-0.25, -0.2) is 0 Å². The van der Waals surface area contributed by atoms with Crippen molar-refractivity contribution in [2.75, 3.05) is 0 Å². The van der Waals surface area contributed by atoms with Crippen LogP contribution in [0.4, 0.5) is 0 Å². The molecule has 2 rings (SSSR count). The summed E-state index contributed by atoms with van der Waals surface area (Å²) < 4.78 is 0.936. The fourth-order valence-corrected chi connectivity index (χ4v) is 3.37. The highest BCUT2D eigenvalue weighted by atomic mass is 79.9. The van der Waals surface area contributed by atoms with Gasteiger partial charge in [0.25, 0.3) is 0 Å². The molecule has 0 spiro atoms. The second-order valence-electron chi connectivity index (χ2n) is 5.83. The number of rotatable bonds is 3. The van der Waals surface area contributed by atoms with Crippen LogP contribution >= 0.6 is 15.9 Å². The molecule has 4 nitrogen and oxygen atoms in total. The van der Waals surface area contributed by atoms with E-state index in [1.54, 1.807) is 4.90 Å². The molecular weight excluding hydrogens is 334 g/mol. The number of nitrogens with zero attached hydrogens (tertiary/aromatic N) is 1. The number of carboxylic acids is 1. The molecule has 2 unspecified atom stereocenters. The molecule has 1 N–H and O–H groups in total. The lowest BCUT2D eigenvalue weighted by Gasteiger charge is -2.42. The molecule has 0 aliphatic carbocycles. The number of benzene rings is 1. The Balaban J connectivity index is 2.51. The molecule has 2 atom stereocenters. The monoisotopic (exact) mass is 353 g/mol. The minimum Gasteiger partial charge on any atom is -0.481 e. The number of hydrogen-bond acceptors (Lipinski definition) is 2. The minimum atomic E-state index is -0.838. The first-order chi connectivity index (χ1) is 9.82.